The SMILES string of the molecule is Cc1c(COc2cc(OCc3cccc(C#N)c3)c(CNCCCC(N)=O)cc2Cl)cccc1-c1cccc2c1CCN2CCCN1CCC1. The Kier molecular flexibility index (Phi) is 11.9. The molecule has 2 aliphatic heterocycles. The quantitative estimate of drug-likeness (QED) is 0.113. The van der Waals surface area contributed by atoms with Gasteiger partial charge in [0.25, 0.3) is 0 Å². The summed E-state index contributed by atoms with van der Waals surface area (Å²) in [7, 11) is 0. The van der Waals surface area contributed by atoms with Gasteiger partial charge in [-0.2, -0.15) is 5.26 Å². The molecule has 50 heavy (non-hydrogen) atoms. The second-order valence-electron chi connectivity index (χ2n) is 13.2. The fourth-order valence-electron chi connectivity index (χ4n) is 6.82. The molecule has 9 heteroatoms. The number of carbonyl (C=O) groups is 1. The van der Waals surface area contributed by atoms with Crippen LogP contribution in [0.2, 0.25) is 5.02 Å². The molecule has 8 nitrogen and oxygen atoms in total. The monoisotopic (exact) mass is 691 g/mol. The molecular weight excluding hydrogens is 646 g/mol. The van der Waals surface area contributed by atoms with Gasteiger partial charge in [0.1, 0.15) is 24.7 Å². The number of likely N-dealkylation sites (tertiary alicyclic amines) is 1. The second-order valence-corrected chi connectivity index (χ2v) is 13.6. The largest absolute Gasteiger partial charge is 0.488 e. The molecule has 0 unspecified atom stereocenters. The van der Waals surface area contributed by atoms with Crippen molar-refractivity contribution in [2.24, 2.45) is 5.73 Å². The van der Waals surface area contributed by atoms with Crippen LogP contribution in [0.25, 0.3) is 11.1 Å². The Morgan fingerprint density at radius 3 is 2.52 bits per heavy atom. The predicted octanol–water partition coefficient (Wildman–Crippen LogP) is 7.16. The molecule has 4 aromatic rings. The first-order chi connectivity index (χ1) is 24.4. The van der Waals surface area contributed by atoms with Crippen LogP contribution in [0.5, 0.6) is 11.5 Å². The minimum atomic E-state index is -0.316. The van der Waals surface area contributed by atoms with Crippen LogP contribution in [-0.4, -0.2) is 50.1 Å². The maximum Gasteiger partial charge on any atom is 0.217 e. The molecule has 6 rings (SSSR count). The van der Waals surface area contributed by atoms with E-state index in [1.54, 1.807) is 6.07 Å². The average molecular weight is 692 g/mol. The highest BCUT2D eigenvalue weighted by Gasteiger charge is 2.24. The van der Waals surface area contributed by atoms with Gasteiger partial charge < -0.3 is 30.3 Å². The van der Waals surface area contributed by atoms with Crippen LogP contribution in [0.4, 0.5) is 5.69 Å². The number of anilines is 1. The zero-order chi connectivity index (χ0) is 34.9. The predicted molar refractivity (Wildman–Crippen MR) is 200 cm³/mol. The number of fused-ring (bicyclic) bond motifs is 1. The van der Waals surface area contributed by atoms with E-state index in [0.717, 1.165) is 36.2 Å². The van der Waals surface area contributed by atoms with Crippen LogP contribution < -0.4 is 25.4 Å². The summed E-state index contributed by atoms with van der Waals surface area (Å²) in [6, 6.07) is 26.4. The van der Waals surface area contributed by atoms with Gasteiger partial charge in [0.05, 0.1) is 16.7 Å². The van der Waals surface area contributed by atoms with Crippen LogP contribution in [0.15, 0.2) is 72.8 Å². The summed E-state index contributed by atoms with van der Waals surface area (Å²) in [5.41, 5.74) is 15.2. The normalized spacial score (nSPS) is 13.8. The summed E-state index contributed by atoms with van der Waals surface area (Å²) < 4.78 is 12.7. The van der Waals surface area contributed by atoms with Gasteiger partial charge in [-0.3, -0.25) is 4.79 Å². The number of halogens is 1. The lowest BCUT2D eigenvalue weighted by atomic mass is 9.92. The molecule has 0 aromatic heterocycles. The average Bonchev–Trinajstić information content (AvgIpc) is 3.52. The van der Waals surface area contributed by atoms with E-state index in [2.05, 4.69) is 64.5 Å². The number of rotatable bonds is 17. The van der Waals surface area contributed by atoms with Gasteiger partial charge in [-0.15, -0.1) is 0 Å². The van der Waals surface area contributed by atoms with Crippen molar-refractivity contribution in [2.75, 3.05) is 44.2 Å². The molecule has 2 aliphatic rings. The number of hydrogen-bond donors (Lipinski definition) is 2. The van der Waals surface area contributed by atoms with Gasteiger partial charge in [0.15, 0.2) is 0 Å². The Balaban J connectivity index is 1.17. The van der Waals surface area contributed by atoms with E-state index in [4.69, 9.17) is 26.8 Å². The maximum atomic E-state index is 11.1. The third-order valence-electron chi connectivity index (χ3n) is 9.75. The van der Waals surface area contributed by atoms with Crippen LogP contribution in [0.3, 0.4) is 0 Å². The van der Waals surface area contributed by atoms with E-state index in [1.165, 1.54) is 60.4 Å². The number of benzene rings is 4. The van der Waals surface area contributed by atoms with Gasteiger partial charge in [0.2, 0.25) is 5.91 Å². The number of nitrogens with two attached hydrogens (primary N) is 1. The van der Waals surface area contributed by atoms with E-state index in [9.17, 15) is 10.1 Å². The smallest absolute Gasteiger partial charge is 0.217 e. The van der Waals surface area contributed by atoms with Crippen molar-refractivity contribution in [1.29, 1.82) is 5.26 Å². The highest BCUT2D eigenvalue weighted by Crippen LogP contribution is 2.39. The zero-order valence-electron chi connectivity index (χ0n) is 28.8. The first-order valence-electron chi connectivity index (χ1n) is 17.6. The molecule has 260 valence electrons. The van der Waals surface area contributed by atoms with E-state index >= 15 is 0 Å². The molecule has 0 atom stereocenters. The summed E-state index contributed by atoms with van der Waals surface area (Å²) in [5, 5.41) is 13.2. The van der Waals surface area contributed by atoms with E-state index in [0.29, 0.717) is 54.6 Å². The van der Waals surface area contributed by atoms with Crippen molar-refractivity contribution >= 4 is 23.2 Å². The third kappa shape index (κ3) is 8.78. The number of nitrogens with zero attached hydrogens (tertiary/aromatic N) is 3. The minimum absolute atomic E-state index is 0.281. The Labute approximate surface area is 300 Å². The van der Waals surface area contributed by atoms with Crippen molar-refractivity contribution in [2.45, 2.75) is 58.8 Å². The number of primary amides is 1. The molecule has 2 heterocycles. The number of amides is 1. The Morgan fingerprint density at radius 1 is 0.920 bits per heavy atom. The zero-order valence-corrected chi connectivity index (χ0v) is 29.6. The van der Waals surface area contributed by atoms with Crippen molar-refractivity contribution in [1.82, 2.24) is 10.2 Å². The number of carbonyl (C=O) groups excluding carboxylic acids is 1. The molecule has 1 amide bonds. The first-order valence-corrected chi connectivity index (χ1v) is 18.0. The highest BCUT2D eigenvalue weighted by atomic mass is 35.5. The lowest BCUT2D eigenvalue weighted by Gasteiger charge is -2.31. The summed E-state index contributed by atoms with van der Waals surface area (Å²) in [6.45, 7) is 9.79. The lowest BCUT2D eigenvalue weighted by Crippen LogP contribution is -2.39. The van der Waals surface area contributed by atoms with Gasteiger partial charge in [0, 0.05) is 43.4 Å². The second kappa shape index (κ2) is 16.9. The van der Waals surface area contributed by atoms with Crippen molar-refractivity contribution in [3.05, 3.63) is 111 Å². The van der Waals surface area contributed by atoms with Crippen molar-refractivity contribution < 1.29 is 14.3 Å². The molecular formula is C41H46ClN5O3. The van der Waals surface area contributed by atoms with E-state index < -0.39 is 0 Å². The van der Waals surface area contributed by atoms with Gasteiger partial charge in [-0.1, -0.05) is 54.1 Å². The topological polar surface area (TPSA) is 104 Å². The highest BCUT2D eigenvalue weighted by molar-refractivity contribution is 6.32. The van der Waals surface area contributed by atoms with Gasteiger partial charge in [-0.25, -0.2) is 0 Å². The fraction of sp³-hybridized carbons (Fsp3) is 0.366. The summed E-state index contributed by atoms with van der Waals surface area (Å²) >= 11 is 6.80. The van der Waals surface area contributed by atoms with Crippen molar-refractivity contribution in [3.63, 3.8) is 0 Å². The van der Waals surface area contributed by atoms with Crippen LogP contribution in [0, 0.1) is 18.3 Å². The van der Waals surface area contributed by atoms with Crippen molar-refractivity contribution in [3.8, 4) is 28.7 Å². The Bertz CT molecular complexity index is 1850. The van der Waals surface area contributed by atoms with Crippen LogP contribution >= 0.6 is 11.6 Å². The third-order valence-corrected chi connectivity index (χ3v) is 10.0. The van der Waals surface area contributed by atoms with E-state index in [1.807, 2.05) is 30.3 Å². The molecule has 0 aliphatic carbocycles. The lowest BCUT2D eigenvalue weighted by molar-refractivity contribution is -0.118. The number of hydrogen-bond acceptors (Lipinski definition) is 7. The molecule has 0 bridgehead atoms. The number of nitriles is 1. The summed E-state index contributed by atoms with van der Waals surface area (Å²) in [6.07, 6.45) is 4.56. The summed E-state index contributed by atoms with van der Waals surface area (Å²) in [5.74, 6) is 0.849. The van der Waals surface area contributed by atoms with Gasteiger partial charge in [-0.05, 0) is 116 Å². The molecule has 3 N–H and O–H groups in total. The molecule has 0 spiro atoms. The molecule has 1 fully saturated rings. The molecule has 4 aromatic carbocycles. The number of nitrogens with one attached hydrogen (secondary N) is 1. The van der Waals surface area contributed by atoms with Crippen LogP contribution in [-0.2, 0) is 31.0 Å². The van der Waals surface area contributed by atoms with Gasteiger partial charge >= 0.3 is 0 Å². The Hall–Kier alpha value is -4.55. The Morgan fingerprint density at radius 2 is 1.72 bits per heavy atom. The fourth-order valence-corrected chi connectivity index (χ4v) is 7.07. The minimum Gasteiger partial charge on any atom is -0.488 e. The van der Waals surface area contributed by atoms with Crippen LogP contribution in [0.1, 0.15) is 59.1 Å². The summed E-state index contributed by atoms with van der Waals surface area (Å²) in [4.78, 5) is 16.3. The maximum absolute atomic E-state index is 11.1. The molecule has 0 radical (unpaired) electrons. The van der Waals surface area contributed by atoms with E-state index in [-0.39, 0.29) is 12.5 Å². The molecule has 0 saturated carbocycles. The number of ether oxygens (including phenoxy) is 2. The standard InChI is InChI=1S/C41H46ClN5O3/c1-29-32(10-3-11-34(29)35-12-4-13-38-36(35)15-21-47(38)20-7-19-46-17-6-18-46)28-50-40-24-39(49-27-31-9-2-8-30(22-31)25-43)33(23-37(40)42)26-45-16-5-14-41(44)48/h2-4,8-13,22-24,45H,5-7,14-21,26-28H2,1H3,(H2,44,48). The first kappa shape index (κ1) is 35.3. The molecule has 1 saturated heterocycles.